The van der Waals surface area contributed by atoms with Gasteiger partial charge >= 0.3 is 0 Å². The first-order valence-electron chi connectivity index (χ1n) is 8.66. The number of halogens is 1. The Morgan fingerprint density at radius 2 is 1.92 bits per heavy atom. The Hall–Kier alpha value is -1.81. The molecule has 1 heterocycles. The van der Waals surface area contributed by atoms with Crippen molar-refractivity contribution in [3.8, 4) is 5.75 Å². The summed E-state index contributed by atoms with van der Waals surface area (Å²) < 4.78 is 6.99. The highest BCUT2D eigenvalue weighted by molar-refractivity contribution is 6.31. The SMILES string of the molecule is CCn1ncc(OCc2ccc(C3CCCCC3)cc2)c(Cl)c1=O. The molecule has 4 nitrogen and oxygen atoms in total. The Morgan fingerprint density at radius 1 is 1.21 bits per heavy atom. The predicted molar refractivity (Wildman–Crippen MR) is 95.8 cm³/mol. The van der Waals surface area contributed by atoms with Gasteiger partial charge in [-0.05, 0) is 36.8 Å². The van der Waals surface area contributed by atoms with E-state index in [-0.39, 0.29) is 10.6 Å². The van der Waals surface area contributed by atoms with Crippen molar-refractivity contribution in [2.24, 2.45) is 0 Å². The molecule has 0 spiro atoms. The molecule has 1 saturated carbocycles. The molecule has 0 aliphatic heterocycles. The third kappa shape index (κ3) is 3.81. The first-order valence-corrected chi connectivity index (χ1v) is 9.04. The summed E-state index contributed by atoms with van der Waals surface area (Å²) in [6.07, 6.45) is 8.14. The molecule has 2 aromatic rings. The van der Waals surface area contributed by atoms with Crippen LogP contribution in [0.25, 0.3) is 0 Å². The summed E-state index contributed by atoms with van der Waals surface area (Å²) in [4.78, 5) is 11.9. The van der Waals surface area contributed by atoms with Gasteiger partial charge < -0.3 is 4.74 Å². The van der Waals surface area contributed by atoms with Gasteiger partial charge in [-0.2, -0.15) is 5.10 Å². The molecular formula is C19H23ClN2O2. The molecule has 0 N–H and O–H groups in total. The summed E-state index contributed by atoms with van der Waals surface area (Å²) in [6.45, 7) is 2.71. The van der Waals surface area contributed by atoms with Gasteiger partial charge in [-0.25, -0.2) is 4.68 Å². The van der Waals surface area contributed by atoms with Gasteiger partial charge in [-0.3, -0.25) is 4.79 Å². The first-order chi connectivity index (χ1) is 11.7. The topological polar surface area (TPSA) is 44.1 Å². The normalized spacial score (nSPS) is 15.4. The quantitative estimate of drug-likeness (QED) is 0.798. The van der Waals surface area contributed by atoms with Crippen molar-refractivity contribution in [3.05, 3.63) is 57.0 Å². The van der Waals surface area contributed by atoms with Crippen LogP contribution in [-0.4, -0.2) is 9.78 Å². The maximum atomic E-state index is 11.9. The minimum Gasteiger partial charge on any atom is -0.485 e. The lowest BCUT2D eigenvalue weighted by molar-refractivity contribution is 0.302. The highest BCUT2D eigenvalue weighted by atomic mass is 35.5. The zero-order valence-electron chi connectivity index (χ0n) is 14.0. The van der Waals surface area contributed by atoms with Gasteiger partial charge in [0.15, 0.2) is 10.8 Å². The molecule has 0 bridgehead atoms. The fraction of sp³-hybridized carbons (Fsp3) is 0.474. The third-order valence-corrected chi connectivity index (χ3v) is 5.05. The fourth-order valence-electron chi connectivity index (χ4n) is 3.26. The molecule has 5 heteroatoms. The Kier molecular flexibility index (Phi) is 5.56. The van der Waals surface area contributed by atoms with Crippen LogP contribution in [0.3, 0.4) is 0 Å². The van der Waals surface area contributed by atoms with Crippen molar-refractivity contribution < 1.29 is 4.74 Å². The Bertz CT molecular complexity index is 734. The average Bonchev–Trinajstić information content (AvgIpc) is 2.64. The van der Waals surface area contributed by atoms with E-state index < -0.39 is 0 Å². The van der Waals surface area contributed by atoms with E-state index in [1.165, 1.54) is 48.5 Å². The fourth-order valence-corrected chi connectivity index (χ4v) is 3.46. The molecule has 128 valence electrons. The number of rotatable bonds is 5. The molecule has 0 unspecified atom stereocenters. The van der Waals surface area contributed by atoms with Crippen LogP contribution in [0.15, 0.2) is 35.3 Å². The number of hydrogen-bond acceptors (Lipinski definition) is 3. The molecule has 1 aromatic heterocycles. The van der Waals surface area contributed by atoms with Gasteiger partial charge in [0.2, 0.25) is 0 Å². The Labute approximate surface area is 147 Å². The number of nitrogens with zero attached hydrogens (tertiary/aromatic N) is 2. The lowest BCUT2D eigenvalue weighted by atomic mass is 9.84. The minimum atomic E-state index is -0.315. The molecule has 1 aromatic carbocycles. The summed E-state index contributed by atoms with van der Waals surface area (Å²) in [5, 5.41) is 4.13. The second-order valence-corrected chi connectivity index (χ2v) is 6.69. The zero-order chi connectivity index (χ0) is 16.9. The summed E-state index contributed by atoms with van der Waals surface area (Å²) >= 11 is 6.07. The summed E-state index contributed by atoms with van der Waals surface area (Å²) in [7, 11) is 0. The number of benzene rings is 1. The van der Waals surface area contributed by atoms with E-state index in [1.54, 1.807) is 0 Å². The second-order valence-electron chi connectivity index (χ2n) is 6.31. The van der Waals surface area contributed by atoms with Crippen molar-refractivity contribution in [3.63, 3.8) is 0 Å². The van der Waals surface area contributed by atoms with Crippen LogP contribution in [0.1, 0.15) is 56.1 Å². The lowest BCUT2D eigenvalue weighted by Crippen LogP contribution is -2.22. The average molecular weight is 347 g/mol. The number of hydrogen-bond donors (Lipinski definition) is 0. The highest BCUT2D eigenvalue weighted by Gasteiger charge is 2.15. The molecule has 0 radical (unpaired) electrons. The van der Waals surface area contributed by atoms with Gasteiger partial charge in [-0.1, -0.05) is 55.1 Å². The summed E-state index contributed by atoms with van der Waals surface area (Å²) in [5.41, 5.74) is 2.17. The van der Waals surface area contributed by atoms with E-state index in [9.17, 15) is 4.79 Å². The van der Waals surface area contributed by atoms with Crippen LogP contribution in [0.2, 0.25) is 5.02 Å². The Balaban J connectivity index is 1.64. The van der Waals surface area contributed by atoms with Crippen molar-refractivity contribution in [2.75, 3.05) is 0 Å². The van der Waals surface area contributed by atoms with Crippen LogP contribution in [0.4, 0.5) is 0 Å². The first kappa shape index (κ1) is 17.0. The monoisotopic (exact) mass is 346 g/mol. The van der Waals surface area contributed by atoms with Crippen molar-refractivity contribution in [1.82, 2.24) is 9.78 Å². The molecule has 3 rings (SSSR count). The predicted octanol–water partition coefficient (Wildman–Crippen LogP) is 4.54. The largest absolute Gasteiger partial charge is 0.485 e. The van der Waals surface area contributed by atoms with E-state index in [0.717, 1.165) is 5.56 Å². The van der Waals surface area contributed by atoms with E-state index in [4.69, 9.17) is 16.3 Å². The summed E-state index contributed by atoms with van der Waals surface area (Å²) in [5.74, 6) is 1.04. The van der Waals surface area contributed by atoms with Crippen LogP contribution in [0.5, 0.6) is 5.75 Å². The van der Waals surface area contributed by atoms with Gasteiger partial charge in [0.05, 0.1) is 6.20 Å². The van der Waals surface area contributed by atoms with Gasteiger partial charge in [0.1, 0.15) is 6.61 Å². The van der Waals surface area contributed by atoms with Crippen molar-refractivity contribution in [1.29, 1.82) is 0 Å². The van der Waals surface area contributed by atoms with Crippen LogP contribution in [0, 0.1) is 0 Å². The second kappa shape index (κ2) is 7.84. The van der Waals surface area contributed by atoms with Gasteiger partial charge in [-0.15, -0.1) is 0 Å². The lowest BCUT2D eigenvalue weighted by Gasteiger charge is -2.22. The van der Waals surface area contributed by atoms with Gasteiger partial charge in [0, 0.05) is 6.54 Å². The van der Waals surface area contributed by atoms with Crippen molar-refractivity contribution >= 4 is 11.6 Å². The van der Waals surface area contributed by atoms with E-state index >= 15 is 0 Å². The molecule has 1 fully saturated rings. The van der Waals surface area contributed by atoms with E-state index in [0.29, 0.717) is 24.8 Å². The molecule has 24 heavy (non-hydrogen) atoms. The maximum absolute atomic E-state index is 11.9. The van der Waals surface area contributed by atoms with Crippen LogP contribution in [-0.2, 0) is 13.2 Å². The highest BCUT2D eigenvalue weighted by Crippen LogP contribution is 2.32. The number of aromatic nitrogens is 2. The molecule has 1 aliphatic rings. The minimum absolute atomic E-state index is 0.0886. The summed E-state index contributed by atoms with van der Waals surface area (Å²) in [6, 6.07) is 8.59. The van der Waals surface area contributed by atoms with Gasteiger partial charge in [0.25, 0.3) is 5.56 Å². The standard InChI is InChI=1S/C19H23ClN2O2/c1-2-22-19(23)18(20)17(12-21-22)24-13-14-8-10-16(11-9-14)15-6-4-3-5-7-15/h8-12,15H,2-7,13H2,1H3. The van der Waals surface area contributed by atoms with E-state index in [1.807, 2.05) is 6.92 Å². The molecule has 0 amide bonds. The van der Waals surface area contributed by atoms with E-state index in [2.05, 4.69) is 29.4 Å². The molecule has 1 aliphatic carbocycles. The third-order valence-electron chi connectivity index (χ3n) is 4.70. The zero-order valence-corrected chi connectivity index (χ0v) is 14.8. The maximum Gasteiger partial charge on any atom is 0.289 e. The molecular weight excluding hydrogens is 324 g/mol. The van der Waals surface area contributed by atoms with Crippen LogP contribution >= 0.6 is 11.6 Å². The smallest absolute Gasteiger partial charge is 0.289 e. The number of ether oxygens (including phenoxy) is 1. The Morgan fingerprint density at radius 3 is 2.58 bits per heavy atom. The number of aryl methyl sites for hydroxylation is 1. The molecule has 0 atom stereocenters. The van der Waals surface area contributed by atoms with Crippen molar-refractivity contribution in [2.45, 2.75) is 58.1 Å². The molecule has 0 saturated heterocycles. The van der Waals surface area contributed by atoms with Crippen LogP contribution < -0.4 is 10.3 Å².